The van der Waals surface area contributed by atoms with E-state index in [4.69, 9.17) is 9.47 Å². The van der Waals surface area contributed by atoms with Crippen LogP contribution in [0.25, 0.3) is 160 Å². The summed E-state index contributed by atoms with van der Waals surface area (Å²) in [4.78, 5) is 4.50. The number of benzene rings is 14. The van der Waals surface area contributed by atoms with Gasteiger partial charge in [0.05, 0.1) is 14.2 Å². The lowest BCUT2D eigenvalue weighted by Gasteiger charge is -2.19. The van der Waals surface area contributed by atoms with Crippen LogP contribution in [0.2, 0.25) is 0 Å². The van der Waals surface area contributed by atoms with Gasteiger partial charge in [-0.15, -0.1) is 22.7 Å². The van der Waals surface area contributed by atoms with Crippen LogP contribution < -0.4 is 9.47 Å². The highest BCUT2D eigenvalue weighted by molar-refractivity contribution is 7.27. The average Bonchev–Trinajstić information content (AvgIpc) is 4.23. The molecule has 0 saturated carbocycles. The Morgan fingerprint density at radius 3 is 1.35 bits per heavy atom. The number of rotatable bonds is 6. The van der Waals surface area contributed by atoms with Crippen molar-refractivity contribution in [3.8, 4) is 56.0 Å². The Morgan fingerprint density at radius 2 is 0.744 bits per heavy atom. The van der Waals surface area contributed by atoms with Gasteiger partial charge in [0.1, 0.15) is 11.5 Å². The quantitative estimate of drug-likeness (QED) is 0.156. The summed E-state index contributed by atoms with van der Waals surface area (Å²) in [5.41, 5.74) is 9.66. The first-order valence-corrected chi connectivity index (χ1v) is 29.3. The Labute approximate surface area is 481 Å². The average molecular weight is 1080 g/mol. The molecule has 386 valence electrons. The number of hydrogen-bond donors (Lipinski definition) is 0. The minimum Gasteiger partial charge on any atom is -0.497 e. The Morgan fingerprint density at radius 1 is 0.280 bits per heavy atom. The second-order valence-electron chi connectivity index (χ2n) is 21.1. The second-order valence-corrected chi connectivity index (χ2v) is 23.2. The smallest absolute Gasteiger partial charge is 0.118 e. The summed E-state index contributed by atoms with van der Waals surface area (Å²) in [5.74, 6) is 1.71. The van der Waals surface area contributed by atoms with Crippen LogP contribution in [0.3, 0.4) is 0 Å². The lowest BCUT2D eigenvalue weighted by atomic mass is 9.84. The van der Waals surface area contributed by atoms with Crippen molar-refractivity contribution in [2.24, 2.45) is 0 Å². The highest BCUT2D eigenvalue weighted by Gasteiger charge is 2.24. The van der Waals surface area contributed by atoms with Crippen molar-refractivity contribution < 1.29 is 9.47 Å². The molecular weight excluding hydrogens is 1030 g/mol. The number of hydrogen-bond acceptors (Lipinski definition) is 5. The van der Waals surface area contributed by atoms with E-state index in [-0.39, 0.29) is 0 Å². The van der Waals surface area contributed by atoms with E-state index in [9.17, 15) is 0 Å². The molecule has 17 rings (SSSR count). The molecule has 0 radical (unpaired) electrons. The molecule has 5 heteroatoms. The van der Waals surface area contributed by atoms with Crippen LogP contribution in [0, 0.1) is 0 Å². The predicted molar refractivity (Wildman–Crippen MR) is 354 cm³/mol. The molecule has 0 spiro atoms. The maximum Gasteiger partial charge on any atom is 0.118 e. The fraction of sp³-hybridized carbons (Fsp3) is 0.0260. The molecular formula is C77H49NO2S2. The van der Waals surface area contributed by atoms with Crippen LogP contribution in [0.15, 0.2) is 261 Å². The highest BCUT2D eigenvalue weighted by Crippen LogP contribution is 2.52. The lowest BCUT2D eigenvalue weighted by molar-refractivity contribution is 0.415. The van der Waals surface area contributed by atoms with Gasteiger partial charge in [-0.05, 0) is 158 Å². The number of ether oxygens (including phenoxy) is 2. The third-order valence-corrected chi connectivity index (χ3v) is 19.1. The standard InChI is InChI=1S/C41H26OS.C36H23NOS/c1-42-31-18-16-26(17-19-31)38-35-21-20-34-36-23-28-10-4-5-11-29(28)24-37(36)43-41(34)40(35)33-13-7-6-12-32(33)39(38)30-15-14-25-8-2-3-9-27(25)22-30;1-38-25-15-12-23(13-16-25)32-29-17-18-30-34-26-9-3-2-7-22(26)14-19-31(34)39-36(30)35(29)28-11-5-4-10-27(28)33(32)24-8-6-20-37-21-24/h2-24H,1H3;2-21H,1H3. The highest BCUT2D eigenvalue weighted by atomic mass is 32.1. The zero-order valence-corrected chi connectivity index (χ0v) is 46.5. The van der Waals surface area contributed by atoms with Crippen LogP contribution in [0.4, 0.5) is 0 Å². The van der Waals surface area contributed by atoms with Crippen molar-refractivity contribution in [1.82, 2.24) is 4.98 Å². The minimum atomic E-state index is 0.852. The van der Waals surface area contributed by atoms with Gasteiger partial charge in [-0.2, -0.15) is 0 Å². The molecule has 0 aliphatic rings. The van der Waals surface area contributed by atoms with Gasteiger partial charge in [-0.1, -0.05) is 194 Å². The van der Waals surface area contributed by atoms with Gasteiger partial charge < -0.3 is 9.47 Å². The summed E-state index contributed by atoms with van der Waals surface area (Å²) >= 11 is 3.81. The number of fused-ring (bicyclic) bond motifs is 18. The Bertz CT molecular complexity index is 5410. The molecule has 0 fully saturated rings. The summed E-state index contributed by atoms with van der Waals surface area (Å²) in [7, 11) is 3.44. The van der Waals surface area contributed by atoms with Crippen LogP contribution in [-0.4, -0.2) is 19.2 Å². The molecule has 17 aromatic rings. The van der Waals surface area contributed by atoms with Gasteiger partial charge in [0, 0.05) is 69.1 Å². The maximum atomic E-state index is 5.55. The number of methoxy groups -OCH3 is 2. The van der Waals surface area contributed by atoms with E-state index in [2.05, 4.69) is 236 Å². The first-order chi connectivity index (χ1) is 40.6. The van der Waals surface area contributed by atoms with Crippen molar-refractivity contribution in [3.05, 3.63) is 261 Å². The fourth-order valence-electron chi connectivity index (χ4n) is 13.0. The normalized spacial score (nSPS) is 11.8. The summed E-state index contributed by atoms with van der Waals surface area (Å²) in [6.45, 7) is 0. The first-order valence-electron chi connectivity index (χ1n) is 27.7. The second kappa shape index (κ2) is 19.4. The summed E-state index contributed by atoms with van der Waals surface area (Å²) in [5, 5.41) is 23.2. The lowest BCUT2D eigenvalue weighted by Crippen LogP contribution is -1.92. The zero-order valence-electron chi connectivity index (χ0n) is 44.9. The Hall–Kier alpha value is -9.91. The van der Waals surface area contributed by atoms with Gasteiger partial charge in [0.15, 0.2) is 0 Å². The third kappa shape index (κ3) is 7.65. The molecule has 3 nitrogen and oxygen atoms in total. The van der Waals surface area contributed by atoms with Gasteiger partial charge >= 0.3 is 0 Å². The van der Waals surface area contributed by atoms with E-state index >= 15 is 0 Å². The van der Waals surface area contributed by atoms with Crippen molar-refractivity contribution in [2.75, 3.05) is 14.2 Å². The summed E-state index contributed by atoms with van der Waals surface area (Å²) in [6.07, 6.45) is 3.82. The van der Waals surface area contributed by atoms with E-state index in [0.29, 0.717) is 0 Å². The number of aromatic nitrogens is 1. The topological polar surface area (TPSA) is 31.4 Å². The van der Waals surface area contributed by atoms with Gasteiger partial charge in [0.25, 0.3) is 0 Å². The molecule has 0 unspecified atom stereocenters. The van der Waals surface area contributed by atoms with E-state index in [1.54, 1.807) is 14.2 Å². The molecule has 0 atom stereocenters. The zero-order chi connectivity index (χ0) is 54.4. The minimum absolute atomic E-state index is 0.852. The molecule has 3 aromatic heterocycles. The first kappa shape index (κ1) is 48.0. The molecule has 0 saturated heterocycles. The van der Waals surface area contributed by atoms with Gasteiger partial charge in [0.2, 0.25) is 0 Å². The van der Waals surface area contributed by atoms with Crippen LogP contribution in [0.5, 0.6) is 11.5 Å². The van der Waals surface area contributed by atoms with Crippen LogP contribution >= 0.6 is 22.7 Å². The van der Waals surface area contributed by atoms with Crippen LogP contribution in [-0.2, 0) is 0 Å². The number of nitrogens with zero attached hydrogens (tertiary/aromatic N) is 1. The van der Waals surface area contributed by atoms with E-state index in [1.165, 1.54) is 149 Å². The van der Waals surface area contributed by atoms with Crippen molar-refractivity contribution in [3.63, 3.8) is 0 Å². The van der Waals surface area contributed by atoms with E-state index in [1.807, 2.05) is 53.3 Å². The monoisotopic (exact) mass is 1080 g/mol. The summed E-state index contributed by atoms with van der Waals surface area (Å²) in [6, 6.07) is 90.5. The van der Waals surface area contributed by atoms with E-state index < -0.39 is 0 Å². The third-order valence-electron chi connectivity index (χ3n) is 16.8. The summed E-state index contributed by atoms with van der Waals surface area (Å²) < 4.78 is 16.4. The number of thiophene rings is 2. The fourth-order valence-corrected chi connectivity index (χ4v) is 15.6. The number of pyridine rings is 1. The molecule has 0 amide bonds. The van der Waals surface area contributed by atoms with Gasteiger partial charge in [-0.25, -0.2) is 0 Å². The Balaban J connectivity index is 0.000000136. The molecule has 0 aliphatic heterocycles. The van der Waals surface area contributed by atoms with Crippen molar-refractivity contribution >= 4 is 138 Å². The molecule has 0 bridgehead atoms. The molecule has 82 heavy (non-hydrogen) atoms. The van der Waals surface area contributed by atoms with Crippen molar-refractivity contribution in [1.29, 1.82) is 0 Å². The van der Waals surface area contributed by atoms with Crippen molar-refractivity contribution in [2.45, 2.75) is 0 Å². The SMILES string of the molecule is COc1ccc(-c2c(-c3ccc4ccccc4c3)c3ccccc3c3c2ccc2c4cc5ccccc5cc4sc23)cc1.COc1ccc(-c2c(-c3cccnc3)c3ccccc3c3c2ccc2c3sc3ccc4ccccc4c32)cc1. The van der Waals surface area contributed by atoms with Crippen LogP contribution in [0.1, 0.15) is 0 Å². The van der Waals surface area contributed by atoms with E-state index in [0.717, 1.165) is 22.6 Å². The van der Waals surface area contributed by atoms with Gasteiger partial charge in [-0.3, -0.25) is 4.98 Å². The maximum absolute atomic E-state index is 5.55. The largest absolute Gasteiger partial charge is 0.497 e. The molecule has 0 aliphatic carbocycles. The predicted octanol–water partition coefficient (Wildman–Crippen LogP) is 22.3. The Kier molecular flexibility index (Phi) is 11.4. The molecule has 14 aromatic carbocycles. The molecule has 3 heterocycles. The molecule has 0 N–H and O–H groups in total.